The van der Waals surface area contributed by atoms with E-state index in [0.29, 0.717) is 0 Å². The first kappa shape index (κ1) is 5.54. The molecule has 0 fully saturated rings. The molecule has 1 heteroatoms. The molecule has 0 aromatic carbocycles. The second-order valence-corrected chi connectivity index (χ2v) is 1.21. The quantitative estimate of drug-likeness (QED) is 0.327. The summed E-state index contributed by atoms with van der Waals surface area (Å²) in [5.41, 5.74) is 0.984. The SMILES string of the molecule is [B]C=CC(=C)C. The van der Waals surface area contributed by atoms with Crippen LogP contribution >= 0.6 is 0 Å². The summed E-state index contributed by atoms with van der Waals surface area (Å²) in [4.78, 5) is 0. The average molecular weight is 77.9 g/mol. The van der Waals surface area contributed by atoms with E-state index in [2.05, 4.69) is 6.58 Å². The Kier molecular flexibility index (Phi) is 2.56. The third-order valence-electron chi connectivity index (χ3n) is 0.381. The van der Waals surface area contributed by atoms with Gasteiger partial charge in [0.2, 0.25) is 0 Å². The zero-order valence-corrected chi connectivity index (χ0v) is 3.94. The fourth-order valence-electron chi connectivity index (χ4n) is 0.164. The van der Waals surface area contributed by atoms with E-state index in [1.165, 1.54) is 5.98 Å². The van der Waals surface area contributed by atoms with Crippen molar-refractivity contribution in [3.05, 3.63) is 24.2 Å². The molecule has 0 atom stereocenters. The molecule has 0 saturated carbocycles. The van der Waals surface area contributed by atoms with Crippen molar-refractivity contribution in [1.29, 1.82) is 0 Å². The lowest BCUT2D eigenvalue weighted by Crippen LogP contribution is -1.57. The summed E-state index contributed by atoms with van der Waals surface area (Å²) in [5.74, 6) is 1.47. The summed E-state index contributed by atoms with van der Waals surface area (Å²) >= 11 is 0. The molecule has 0 saturated heterocycles. The molecule has 0 bridgehead atoms. The molecule has 0 spiro atoms. The van der Waals surface area contributed by atoms with Gasteiger partial charge in [0.05, 0.1) is 0 Å². The fourth-order valence-corrected chi connectivity index (χ4v) is 0.164. The molecular weight excluding hydrogens is 70.9 g/mol. The first-order valence-corrected chi connectivity index (χ1v) is 1.81. The van der Waals surface area contributed by atoms with Crippen molar-refractivity contribution in [3.63, 3.8) is 0 Å². The average Bonchev–Trinajstić information content (AvgIpc) is 1.35. The molecule has 0 unspecified atom stereocenters. The Bertz CT molecular complexity index is 72.0. The standard InChI is InChI=1S/C5H7B/c1-5(2)3-4-6/h3-4H,1H2,2H3. The van der Waals surface area contributed by atoms with Crippen LogP contribution in [0.5, 0.6) is 0 Å². The predicted molar refractivity (Wildman–Crippen MR) is 29.7 cm³/mol. The Morgan fingerprint density at radius 3 is 2.33 bits per heavy atom. The summed E-state index contributed by atoms with van der Waals surface area (Å²) < 4.78 is 0. The van der Waals surface area contributed by atoms with Crippen LogP contribution in [0.2, 0.25) is 0 Å². The summed E-state index contributed by atoms with van der Waals surface area (Å²) in [7, 11) is 4.99. The highest BCUT2D eigenvalue weighted by atomic mass is 13.7. The summed E-state index contributed by atoms with van der Waals surface area (Å²) in [6.07, 6.45) is 1.75. The largest absolute Gasteiger partial charge is 0.131 e. The van der Waals surface area contributed by atoms with Gasteiger partial charge in [0.25, 0.3) is 0 Å². The van der Waals surface area contributed by atoms with Gasteiger partial charge in [-0.15, -0.1) is 5.98 Å². The summed E-state index contributed by atoms with van der Waals surface area (Å²) in [6.45, 7) is 5.47. The van der Waals surface area contributed by atoms with Crippen LogP contribution in [0, 0.1) is 0 Å². The highest BCUT2D eigenvalue weighted by molar-refractivity contribution is 6.17. The first-order chi connectivity index (χ1) is 2.77. The van der Waals surface area contributed by atoms with E-state index >= 15 is 0 Å². The smallest absolute Gasteiger partial charge is 0.102 e. The lowest BCUT2D eigenvalue weighted by molar-refractivity contribution is 1.57. The maximum Gasteiger partial charge on any atom is 0.102 e. The normalized spacial score (nSPS) is 9.50. The fraction of sp³-hybridized carbons (Fsp3) is 0.200. The van der Waals surface area contributed by atoms with Crippen molar-refractivity contribution >= 4 is 7.85 Å². The molecular formula is C5H7B. The van der Waals surface area contributed by atoms with Gasteiger partial charge < -0.3 is 0 Å². The lowest BCUT2D eigenvalue weighted by Gasteiger charge is -1.76. The molecule has 6 heavy (non-hydrogen) atoms. The van der Waals surface area contributed by atoms with Gasteiger partial charge in [-0.1, -0.05) is 18.2 Å². The number of allylic oxidation sites excluding steroid dienone is 2. The topological polar surface area (TPSA) is 0 Å². The monoisotopic (exact) mass is 78.1 g/mol. The number of hydrogen-bond donors (Lipinski definition) is 0. The molecule has 0 aliphatic heterocycles. The van der Waals surface area contributed by atoms with E-state index < -0.39 is 0 Å². The predicted octanol–water partition coefficient (Wildman–Crippen LogP) is 1.24. The molecule has 30 valence electrons. The van der Waals surface area contributed by atoms with Crippen molar-refractivity contribution in [2.24, 2.45) is 0 Å². The highest BCUT2D eigenvalue weighted by Gasteiger charge is 1.63. The van der Waals surface area contributed by atoms with Gasteiger partial charge in [-0.05, 0) is 6.92 Å². The molecule has 0 aromatic rings. The van der Waals surface area contributed by atoms with Gasteiger partial charge in [-0.3, -0.25) is 0 Å². The molecule has 0 nitrogen and oxygen atoms in total. The van der Waals surface area contributed by atoms with Gasteiger partial charge in [0, 0.05) is 0 Å². The van der Waals surface area contributed by atoms with Crippen molar-refractivity contribution < 1.29 is 0 Å². The van der Waals surface area contributed by atoms with E-state index in [1.807, 2.05) is 6.92 Å². The van der Waals surface area contributed by atoms with Crippen LogP contribution < -0.4 is 0 Å². The van der Waals surface area contributed by atoms with E-state index in [-0.39, 0.29) is 0 Å². The Hall–Kier alpha value is -0.455. The lowest BCUT2D eigenvalue weighted by atomic mass is 10.1. The molecule has 0 aliphatic carbocycles. The molecule has 0 amide bonds. The van der Waals surface area contributed by atoms with E-state index in [0.717, 1.165) is 5.57 Å². The van der Waals surface area contributed by atoms with Gasteiger partial charge >= 0.3 is 0 Å². The molecule has 0 rings (SSSR count). The van der Waals surface area contributed by atoms with Crippen molar-refractivity contribution in [3.8, 4) is 0 Å². The van der Waals surface area contributed by atoms with Crippen LogP contribution in [0.3, 0.4) is 0 Å². The van der Waals surface area contributed by atoms with Gasteiger partial charge in [-0.2, -0.15) is 0 Å². The van der Waals surface area contributed by atoms with Gasteiger partial charge in [0.15, 0.2) is 0 Å². The van der Waals surface area contributed by atoms with Crippen molar-refractivity contribution in [2.75, 3.05) is 0 Å². The zero-order chi connectivity index (χ0) is 4.99. The molecule has 0 aliphatic rings. The Morgan fingerprint density at radius 2 is 2.33 bits per heavy atom. The van der Waals surface area contributed by atoms with Crippen LogP contribution in [0.1, 0.15) is 6.92 Å². The van der Waals surface area contributed by atoms with Gasteiger partial charge in [-0.25, -0.2) is 0 Å². The molecule has 2 radical (unpaired) electrons. The highest BCUT2D eigenvalue weighted by Crippen LogP contribution is 1.83. The Labute approximate surface area is 40.0 Å². The maximum atomic E-state index is 4.99. The minimum absolute atomic E-state index is 0.984. The number of hydrogen-bond acceptors (Lipinski definition) is 0. The van der Waals surface area contributed by atoms with Crippen molar-refractivity contribution in [1.82, 2.24) is 0 Å². The van der Waals surface area contributed by atoms with Crippen LogP contribution in [0.25, 0.3) is 0 Å². The second kappa shape index (κ2) is 2.76. The van der Waals surface area contributed by atoms with Crippen LogP contribution in [0.15, 0.2) is 24.2 Å². The maximum absolute atomic E-state index is 4.99. The van der Waals surface area contributed by atoms with Crippen molar-refractivity contribution in [2.45, 2.75) is 6.92 Å². The number of rotatable bonds is 1. The molecule has 0 aromatic heterocycles. The second-order valence-electron chi connectivity index (χ2n) is 1.21. The van der Waals surface area contributed by atoms with E-state index in [9.17, 15) is 0 Å². The molecule has 0 heterocycles. The zero-order valence-electron chi connectivity index (χ0n) is 3.94. The summed E-state index contributed by atoms with van der Waals surface area (Å²) in [6, 6.07) is 0. The Balaban J connectivity index is 3.30. The third kappa shape index (κ3) is 3.54. The Morgan fingerprint density at radius 1 is 1.83 bits per heavy atom. The van der Waals surface area contributed by atoms with Crippen LogP contribution in [-0.2, 0) is 0 Å². The summed E-state index contributed by atoms with van der Waals surface area (Å²) in [5, 5.41) is 0. The van der Waals surface area contributed by atoms with Gasteiger partial charge in [0.1, 0.15) is 7.85 Å². The van der Waals surface area contributed by atoms with E-state index in [4.69, 9.17) is 7.85 Å². The minimum Gasteiger partial charge on any atom is -0.131 e. The van der Waals surface area contributed by atoms with E-state index in [1.54, 1.807) is 6.08 Å². The first-order valence-electron chi connectivity index (χ1n) is 1.81. The minimum atomic E-state index is 0.984. The molecule has 0 N–H and O–H groups in total. The van der Waals surface area contributed by atoms with Crippen LogP contribution in [0.4, 0.5) is 0 Å². The third-order valence-corrected chi connectivity index (χ3v) is 0.381. The van der Waals surface area contributed by atoms with Crippen LogP contribution in [-0.4, -0.2) is 7.85 Å².